The molecule has 3 rings (SSSR count). The number of piperazine rings is 1. The minimum absolute atomic E-state index is 0.0183. The van der Waals surface area contributed by atoms with Gasteiger partial charge in [-0.2, -0.15) is 0 Å². The number of amides is 2. The van der Waals surface area contributed by atoms with E-state index in [0.29, 0.717) is 6.54 Å². The first-order valence-corrected chi connectivity index (χ1v) is 10.1. The summed E-state index contributed by atoms with van der Waals surface area (Å²) in [4.78, 5) is 31.4. The van der Waals surface area contributed by atoms with Gasteiger partial charge in [0.15, 0.2) is 0 Å². The highest BCUT2D eigenvalue weighted by atomic mass is 16.2. The first-order valence-electron chi connectivity index (χ1n) is 10.1. The Morgan fingerprint density at radius 2 is 1.59 bits per heavy atom. The molecule has 1 N–H and O–H groups in total. The number of nitrogens with one attached hydrogen (secondary N) is 1. The average molecular weight is 373 g/mol. The Kier molecular flexibility index (Phi) is 6.85. The van der Waals surface area contributed by atoms with Crippen molar-refractivity contribution in [1.29, 1.82) is 0 Å². The Labute approximate surface area is 162 Å². The van der Waals surface area contributed by atoms with Gasteiger partial charge in [0.05, 0.1) is 12.6 Å². The zero-order valence-electron chi connectivity index (χ0n) is 16.6. The van der Waals surface area contributed by atoms with Crippen molar-refractivity contribution >= 4 is 17.5 Å². The SMILES string of the molecule is Cc1ccc(NC(=O)CN2CCN([C@H](C)C(=O)N3CCCCC3)CC2)cc1. The van der Waals surface area contributed by atoms with Gasteiger partial charge in [-0.15, -0.1) is 0 Å². The Bertz CT molecular complexity index is 632. The van der Waals surface area contributed by atoms with Crippen LogP contribution in [-0.2, 0) is 9.59 Å². The van der Waals surface area contributed by atoms with Crippen LogP contribution in [0.2, 0.25) is 0 Å². The summed E-state index contributed by atoms with van der Waals surface area (Å²) < 4.78 is 0. The number of rotatable bonds is 5. The first kappa shape index (κ1) is 19.8. The van der Waals surface area contributed by atoms with E-state index in [2.05, 4.69) is 15.1 Å². The molecule has 0 aromatic heterocycles. The van der Waals surface area contributed by atoms with Crippen LogP contribution in [0, 0.1) is 6.92 Å². The van der Waals surface area contributed by atoms with Crippen molar-refractivity contribution < 1.29 is 9.59 Å². The van der Waals surface area contributed by atoms with Crippen molar-refractivity contribution in [3.63, 3.8) is 0 Å². The van der Waals surface area contributed by atoms with Crippen LogP contribution in [0.5, 0.6) is 0 Å². The number of hydrogen-bond acceptors (Lipinski definition) is 4. The fraction of sp³-hybridized carbons (Fsp3) is 0.619. The molecular weight excluding hydrogens is 340 g/mol. The summed E-state index contributed by atoms with van der Waals surface area (Å²) in [6.07, 6.45) is 3.49. The molecule has 0 saturated carbocycles. The molecule has 2 aliphatic heterocycles. The Hall–Kier alpha value is -1.92. The molecule has 0 unspecified atom stereocenters. The quantitative estimate of drug-likeness (QED) is 0.858. The van der Waals surface area contributed by atoms with Gasteiger partial charge < -0.3 is 10.2 Å². The molecular formula is C21H32N4O2. The molecule has 0 spiro atoms. The zero-order chi connectivity index (χ0) is 19.2. The lowest BCUT2D eigenvalue weighted by molar-refractivity contribution is -0.138. The van der Waals surface area contributed by atoms with Crippen LogP contribution in [-0.4, -0.2) is 78.4 Å². The third-order valence-corrected chi connectivity index (χ3v) is 5.68. The van der Waals surface area contributed by atoms with Crippen LogP contribution < -0.4 is 5.32 Å². The molecule has 6 heteroatoms. The number of aryl methyl sites for hydroxylation is 1. The van der Waals surface area contributed by atoms with Crippen molar-refractivity contribution in [2.45, 2.75) is 39.2 Å². The van der Waals surface area contributed by atoms with Crippen molar-refractivity contribution in [1.82, 2.24) is 14.7 Å². The highest BCUT2D eigenvalue weighted by Crippen LogP contribution is 2.14. The number of likely N-dealkylation sites (tertiary alicyclic amines) is 1. The lowest BCUT2D eigenvalue weighted by Crippen LogP contribution is -2.55. The Balaban J connectivity index is 1.42. The van der Waals surface area contributed by atoms with E-state index in [4.69, 9.17) is 0 Å². The number of carbonyl (C=O) groups excluding carboxylic acids is 2. The Morgan fingerprint density at radius 3 is 2.22 bits per heavy atom. The van der Waals surface area contributed by atoms with Crippen LogP contribution in [0.4, 0.5) is 5.69 Å². The Morgan fingerprint density at radius 1 is 0.963 bits per heavy atom. The summed E-state index contributed by atoms with van der Waals surface area (Å²) in [5, 5.41) is 2.96. The number of piperidine rings is 1. The normalized spacial score (nSPS) is 20.3. The van der Waals surface area contributed by atoms with E-state index in [1.165, 1.54) is 12.0 Å². The second-order valence-corrected chi connectivity index (χ2v) is 7.79. The average Bonchev–Trinajstić information content (AvgIpc) is 2.70. The van der Waals surface area contributed by atoms with Crippen LogP contribution >= 0.6 is 0 Å². The van der Waals surface area contributed by atoms with Crippen LogP contribution in [0.15, 0.2) is 24.3 Å². The standard InChI is InChI=1S/C21H32N4O2/c1-17-6-8-19(9-7-17)22-20(26)16-23-12-14-24(15-13-23)18(2)21(27)25-10-4-3-5-11-25/h6-9,18H,3-5,10-16H2,1-2H3,(H,22,26)/t18-/m1/s1. The maximum absolute atomic E-state index is 12.7. The molecule has 2 heterocycles. The van der Waals surface area contributed by atoms with E-state index in [-0.39, 0.29) is 17.9 Å². The molecule has 2 amide bonds. The highest BCUT2D eigenvalue weighted by molar-refractivity contribution is 5.92. The van der Waals surface area contributed by atoms with Gasteiger partial charge in [-0.05, 0) is 45.2 Å². The van der Waals surface area contributed by atoms with Crippen molar-refractivity contribution in [2.75, 3.05) is 51.1 Å². The molecule has 2 aliphatic rings. The fourth-order valence-electron chi connectivity index (χ4n) is 3.88. The summed E-state index contributed by atoms with van der Waals surface area (Å²) in [5.74, 6) is 0.282. The monoisotopic (exact) mass is 372 g/mol. The van der Waals surface area contributed by atoms with E-state index < -0.39 is 0 Å². The minimum Gasteiger partial charge on any atom is -0.341 e. The molecule has 1 aromatic carbocycles. The van der Waals surface area contributed by atoms with E-state index in [1.54, 1.807) is 0 Å². The van der Waals surface area contributed by atoms with Crippen LogP contribution in [0.25, 0.3) is 0 Å². The summed E-state index contributed by atoms with van der Waals surface area (Å²) in [7, 11) is 0. The second kappa shape index (κ2) is 9.33. The van der Waals surface area contributed by atoms with E-state index >= 15 is 0 Å². The third-order valence-electron chi connectivity index (χ3n) is 5.68. The molecule has 6 nitrogen and oxygen atoms in total. The number of benzene rings is 1. The predicted octanol–water partition coefficient (Wildman–Crippen LogP) is 1.95. The zero-order valence-corrected chi connectivity index (χ0v) is 16.6. The van der Waals surface area contributed by atoms with Crippen LogP contribution in [0.1, 0.15) is 31.7 Å². The fourth-order valence-corrected chi connectivity index (χ4v) is 3.88. The smallest absolute Gasteiger partial charge is 0.239 e. The number of hydrogen-bond donors (Lipinski definition) is 1. The summed E-state index contributed by atoms with van der Waals surface area (Å²) in [5.41, 5.74) is 2.02. The maximum Gasteiger partial charge on any atom is 0.239 e. The summed E-state index contributed by atoms with van der Waals surface area (Å²) in [6, 6.07) is 7.79. The number of nitrogens with zero attached hydrogens (tertiary/aromatic N) is 3. The molecule has 1 aromatic rings. The predicted molar refractivity (Wildman–Crippen MR) is 108 cm³/mol. The molecule has 0 radical (unpaired) electrons. The van der Waals surface area contributed by atoms with Crippen molar-refractivity contribution in [3.8, 4) is 0 Å². The van der Waals surface area contributed by atoms with Gasteiger partial charge in [0.1, 0.15) is 0 Å². The summed E-state index contributed by atoms with van der Waals surface area (Å²) in [6.45, 7) is 9.56. The van der Waals surface area contributed by atoms with Gasteiger partial charge in [0, 0.05) is 45.0 Å². The molecule has 2 saturated heterocycles. The topological polar surface area (TPSA) is 55.9 Å². The number of carbonyl (C=O) groups is 2. The van der Waals surface area contributed by atoms with E-state index in [9.17, 15) is 9.59 Å². The summed E-state index contributed by atoms with van der Waals surface area (Å²) >= 11 is 0. The molecule has 0 aliphatic carbocycles. The van der Waals surface area contributed by atoms with E-state index in [1.807, 2.05) is 43.0 Å². The first-order chi connectivity index (χ1) is 13.0. The molecule has 2 fully saturated rings. The van der Waals surface area contributed by atoms with Gasteiger partial charge in [0.2, 0.25) is 11.8 Å². The largest absolute Gasteiger partial charge is 0.341 e. The molecule has 1 atom stereocenters. The lowest BCUT2D eigenvalue weighted by Gasteiger charge is -2.39. The molecule has 148 valence electrons. The van der Waals surface area contributed by atoms with Gasteiger partial charge in [0.25, 0.3) is 0 Å². The van der Waals surface area contributed by atoms with Crippen LogP contribution in [0.3, 0.4) is 0 Å². The molecule has 27 heavy (non-hydrogen) atoms. The number of anilines is 1. The van der Waals surface area contributed by atoms with Gasteiger partial charge >= 0.3 is 0 Å². The van der Waals surface area contributed by atoms with Crippen molar-refractivity contribution in [2.24, 2.45) is 0 Å². The third kappa shape index (κ3) is 5.53. The van der Waals surface area contributed by atoms with Crippen molar-refractivity contribution in [3.05, 3.63) is 29.8 Å². The van der Waals surface area contributed by atoms with Gasteiger partial charge in [-0.1, -0.05) is 17.7 Å². The lowest BCUT2D eigenvalue weighted by atomic mass is 10.1. The highest BCUT2D eigenvalue weighted by Gasteiger charge is 2.29. The maximum atomic E-state index is 12.7. The second-order valence-electron chi connectivity index (χ2n) is 7.79. The minimum atomic E-state index is -0.0633. The van der Waals surface area contributed by atoms with Gasteiger partial charge in [-0.3, -0.25) is 19.4 Å². The van der Waals surface area contributed by atoms with Gasteiger partial charge in [-0.25, -0.2) is 0 Å². The molecule has 0 bridgehead atoms. The van der Waals surface area contributed by atoms with E-state index in [0.717, 1.165) is 57.8 Å².